The number of benzene rings is 1. The van der Waals surface area contributed by atoms with E-state index in [1.54, 1.807) is 0 Å². The number of piperidine rings is 1. The summed E-state index contributed by atoms with van der Waals surface area (Å²) in [6.07, 6.45) is 0.415. The first-order chi connectivity index (χ1) is 10.3. The van der Waals surface area contributed by atoms with Gasteiger partial charge in [0.2, 0.25) is 0 Å². The van der Waals surface area contributed by atoms with Crippen molar-refractivity contribution in [2.45, 2.75) is 26.4 Å². The van der Waals surface area contributed by atoms with Crippen LogP contribution in [0.5, 0.6) is 5.75 Å². The molecular formula is C16H22BrF2NO2. The van der Waals surface area contributed by atoms with Gasteiger partial charge in [-0.25, -0.2) is 8.78 Å². The van der Waals surface area contributed by atoms with Crippen molar-refractivity contribution in [1.29, 1.82) is 0 Å². The molecule has 1 saturated heterocycles. The fourth-order valence-electron chi connectivity index (χ4n) is 3.14. The summed E-state index contributed by atoms with van der Waals surface area (Å²) in [5.41, 5.74) is 0. The minimum absolute atomic E-state index is 0.130. The Balaban J connectivity index is 1.86. The number of rotatable bonds is 5. The number of likely N-dealkylation sites (tertiary alicyclic amines) is 1. The lowest BCUT2D eigenvalue weighted by Gasteiger charge is -2.35. The molecule has 1 aromatic carbocycles. The molecule has 2 rings (SSSR count). The summed E-state index contributed by atoms with van der Waals surface area (Å²) in [4.78, 5) is 2.18. The third kappa shape index (κ3) is 4.89. The number of aliphatic hydroxyl groups is 1. The van der Waals surface area contributed by atoms with Gasteiger partial charge in [-0.15, -0.1) is 0 Å². The molecule has 1 aliphatic heterocycles. The fourth-order valence-corrected chi connectivity index (χ4v) is 3.54. The Labute approximate surface area is 138 Å². The molecule has 1 heterocycles. The summed E-state index contributed by atoms with van der Waals surface area (Å²) in [6.45, 7) is 6.57. The molecule has 3 unspecified atom stereocenters. The zero-order valence-corrected chi connectivity index (χ0v) is 14.4. The lowest BCUT2D eigenvalue weighted by molar-refractivity contribution is 0.0410. The van der Waals surface area contributed by atoms with E-state index in [1.807, 2.05) is 0 Å². The minimum Gasteiger partial charge on any atom is -0.485 e. The maximum atomic E-state index is 13.6. The van der Waals surface area contributed by atoms with E-state index in [4.69, 9.17) is 4.74 Å². The van der Waals surface area contributed by atoms with Gasteiger partial charge in [0, 0.05) is 24.1 Å². The molecule has 6 heteroatoms. The monoisotopic (exact) mass is 377 g/mol. The second-order valence-corrected chi connectivity index (χ2v) is 7.24. The smallest absolute Gasteiger partial charge is 0.190 e. The Bertz CT molecular complexity index is 482. The van der Waals surface area contributed by atoms with E-state index in [0.717, 1.165) is 25.2 Å². The highest BCUT2D eigenvalue weighted by atomic mass is 79.9. The summed E-state index contributed by atoms with van der Waals surface area (Å²) < 4.78 is 32.7. The Kier molecular flexibility index (Phi) is 6.17. The predicted octanol–water partition coefficient (Wildman–Crippen LogP) is 3.44. The highest BCUT2D eigenvalue weighted by molar-refractivity contribution is 9.10. The molecule has 22 heavy (non-hydrogen) atoms. The van der Waals surface area contributed by atoms with Gasteiger partial charge in [0.25, 0.3) is 0 Å². The summed E-state index contributed by atoms with van der Waals surface area (Å²) in [7, 11) is 0. The van der Waals surface area contributed by atoms with Gasteiger partial charge in [0.1, 0.15) is 12.7 Å². The summed E-state index contributed by atoms with van der Waals surface area (Å²) in [6, 6.07) is 2.28. The van der Waals surface area contributed by atoms with Crippen LogP contribution in [0.4, 0.5) is 8.78 Å². The highest BCUT2D eigenvalue weighted by Gasteiger charge is 2.24. The van der Waals surface area contributed by atoms with E-state index in [2.05, 4.69) is 34.7 Å². The van der Waals surface area contributed by atoms with Gasteiger partial charge in [-0.1, -0.05) is 29.8 Å². The SMILES string of the molecule is CC1CC(C)CN(CC(O)COc2c(F)cc(Br)cc2F)C1. The van der Waals surface area contributed by atoms with Crippen molar-refractivity contribution in [3.8, 4) is 5.75 Å². The van der Waals surface area contributed by atoms with Gasteiger partial charge < -0.3 is 14.7 Å². The maximum Gasteiger partial charge on any atom is 0.190 e. The van der Waals surface area contributed by atoms with E-state index in [-0.39, 0.29) is 6.61 Å². The van der Waals surface area contributed by atoms with Crippen molar-refractivity contribution in [3.05, 3.63) is 28.2 Å². The number of hydrogen-bond donors (Lipinski definition) is 1. The number of ether oxygens (including phenoxy) is 1. The first-order valence-electron chi connectivity index (χ1n) is 7.53. The number of aliphatic hydroxyl groups excluding tert-OH is 1. The van der Waals surface area contributed by atoms with E-state index >= 15 is 0 Å². The largest absolute Gasteiger partial charge is 0.485 e. The second kappa shape index (κ2) is 7.70. The minimum atomic E-state index is -0.778. The molecule has 1 N–H and O–H groups in total. The number of nitrogens with zero attached hydrogens (tertiary/aromatic N) is 1. The van der Waals surface area contributed by atoms with Crippen molar-refractivity contribution in [3.63, 3.8) is 0 Å². The molecular weight excluding hydrogens is 356 g/mol. The van der Waals surface area contributed by atoms with Gasteiger partial charge >= 0.3 is 0 Å². The highest BCUT2D eigenvalue weighted by Crippen LogP contribution is 2.26. The second-order valence-electron chi connectivity index (χ2n) is 6.33. The van der Waals surface area contributed by atoms with Crippen molar-refractivity contribution >= 4 is 15.9 Å². The van der Waals surface area contributed by atoms with E-state index < -0.39 is 23.5 Å². The molecule has 0 saturated carbocycles. The van der Waals surface area contributed by atoms with Crippen LogP contribution in [0.1, 0.15) is 20.3 Å². The molecule has 0 aromatic heterocycles. The van der Waals surface area contributed by atoms with Crippen LogP contribution in [0.2, 0.25) is 0 Å². The lowest BCUT2D eigenvalue weighted by atomic mass is 9.92. The molecule has 1 fully saturated rings. The first-order valence-corrected chi connectivity index (χ1v) is 8.32. The van der Waals surface area contributed by atoms with Gasteiger partial charge in [-0.05, 0) is 30.4 Å². The van der Waals surface area contributed by atoms with Crippen LogP contribution in [0.25, 0.3) is 0 Å². The third-order valence-corrected chi connectivity index (χ3v) is 4.25. The Hall–Kier alpha value is -0.720. The average molecular weight is 378 g/mol. The molecule has 3 nitrogen and oxygen atoms in total. The Morgan fingerprint density at radius 1 is 1.27 bits per heavy atom. The number of halogens is 3. The van der Waals surface area contributed by atoms with Crippen LogP contribution in [0, 0.1) is 23.5 Å². The van der Waals surface area contributed by atoms with Crippen LogP contribution in [0.3, 0.4) is 0 Å². The van der Waals surface area contributed by atoms with E-state index in [9.17, 15) is 13.9 Å². The van der Waals surface area contributed by atoms with Crippen LogP contribution in [0.15, 0.2) is 16.6 Å². The summed E-state index contributed by atoms with van der Waals surface area (Å²) in [5, 5.41) is 10.1. The zero-order chi connectivity index (χ0) is 16.3. The summed E-state index contributed by atoms with van der Waals surface area (Å²) >= 11 is 3.01. The van der Waals surface area contributed by atoms with Gasteiger partial charge in [0.15, 0.2) is 17.4 Å². The molecule has 0 bridgehead atoms. The predicted molar refractivity (Wildman–Crippen MR) is 84.9 cm³/mol. The average Bonchev–Trinajstić information content (AvgIpc) is 2.35. The van der Waals surface area contributed by atoms with Crippen LogP contribution in [-0.4, -0.2) is 42.4 Å². The van der Waals surface area contributed by atoms with Crippen molar-refractivity contribution in [2.24, 2.45) is 11.8 Å². The molecule has 0 spiro atoms. The molecule has 1 aliphatic rings. The van der Waals surface area contributed by atoms with Crippen molar-refractivity contribution in [2.75, 3.05) is 26.2 Å². The van der Waals surface area contributed by atoms with Crippen LogP contribution in [-0.2, 0) is 0 Å². The van der Waals surface area contributed by atoms with Crippen molar-refractivity contribution < 1.29 is 18.6 Å². The standard InChI is InChI=1S/C16H22BrF2NO2/c1-10-3-11(2)7-20(6-10)8-13(21)9-22-16-14(18)4-12(17)5-15(16)19/h4-5,10-11,13,21H,3,6-9H2,1-2H3. The molecule has 0 amide bonds. The number of β-amino-alcohol motifs (C(OH)–C–C–N with tert-alkyl or cyclic N) is 1. The van der Waals surface area contributed by atoms with Gasteiger partial charge in [0.05, 0.1) is 0 Å². The van der Waals surface area contributed by atoms with Gasteiger partial charge in [-0.3, -0.25) is 0 Å². The quantitative estimate of drug-likeness (QED) is 0.852. The molecule has 0 radical (unpaired) electrons. The van der Waals surface area contributed by atoms with Gasteiger partial charge in [-0.2, -0.15) is 0 Å². The zero-order valence-electron chi connectivity index (χ0n) is 12.9. The first kappa shape index (κ1) is 17.6. The normalized spacial score (nSPS) is 24.3. The molecule has 0 aliphatic carbocycles. The fraction of sp³-hybridized carbons (Fsp3) is 0.625. The van der Waals surface area contributed by atoms with Crippen LogP contribution >= 0.6 is 15.9 Å². The Morgan fingerprint density at radius 2 is 1.82 bits per heavy atom. The van der Waals surface area contributed by atoms with Crippen LogP contribution < -0.4 is 4.74 Å². The maximum absolute atomic E-state index is 13.6. The number of hydrogen-bond acceptors (Lipinski definition) is 3. The molecule has 1 aromatic rings. The molecule has 124 valence electrons. The Morgan fingerprint density at radius 3 is 2.36 bits per heavy atom. The molecule has 3 atom stereocenters. The lowest BCUT2D eigenvalue weighted by Crippen LogP contribution is -2.44. The topological polar surface area (TPSA) is 32.7 Å². The third-order valence-electron chi connectivity index (χ3n) is 3.80. The van der Waals surface area contributed by atoms with E-state index in [1.165, 1.54) is 6.42 Å². The van der Waals surface area contributed by atoms with E-state index in [0.29, 0.717) is 22.9 Å². The van der Waals surface area contributed by atoms with Crippen molar-refractivity contribution in [1.82, 2.24) is 4.90 Å². The summed E-state index contributed by atoms with van der Waals surface area (Å²) in [5.74, 6) is -0.808.